The molecular weight excluding hydrogens is 182 g/mol. The van der Waals surface area contributed by atoms with Crippen molar-refractivity contribution in [2.75, 3.05) is 19.9 Å². The molecule has 14 heavy (non-hydrogen) atoms. The highest BCUT2D eigenvalue weighted by Gasteiger charge is 2.25. The van der Waals surface area contributed by atoms with Gasteiger partial charge < -0.3 is 19.9 Å². The van der Waals surface area contributed by atoms with Crippen LogP contribution < -0.4 is 5.32 Å². The molecule has 0 saturated carbocycles. The van der Waals surface area contributed by atoms with Crippen molar-refractivity contribution in [2.24, 2.45) is 0 Å². The maximum Gasteiger partial charge on any atom is 0.147 e. The molecule has 0 aromatic carbocycles. The van der Waals surface area contributed by atoms with Gasteiger partial charge in [0, 0.05) is 12.1 Å². The van der Waals surface area contributed by atoms with E-state index in [-0.39, 0.29) is 17.7 Å². The fourth-order valence-corrected chi connectivity index (χ4v) is 1.19. The number of ether oxygens (including phenoxy) is 2. The summed E-state index contributed by atoms with van der Waals surface area (Å²) in [6.45, 7) is 7.68. The average molecular weight is 203 g/mol. The molecule has 1 saturated heterocycles. The molecule has 0 aromatic heterocycles. The van der Waals surface area contributed by atoms with Crippen LogP contribution in [-0.4, -0.2) is 42.8 Å². The molecule has 0 radical (unpaired) electrons. The Morgan fingerprint density at radius 1 is 1.57 bits per heavy atom. The van der Waals surface area contributed by atoms with Gasteiger partial charge in [-0.1, -0.05) is 0 Å². The number of aliphatic hydroxyl groups excluding tert-OH is 1. The van der Waals surface area contributed by atoms with Crippen LogP contribution in [0.3, 0.4) is 0 Å². The molecule has 0 amide bonds. The van der Waals surface area contributed by atoms with E-state index < -0.39 is 0 Å². The monoisotopic (exact) mass is 203 g/mol. The van der Waals surface area contributed by atoms with Gasteiger partial charge in [-0.15, -0.1) is 0 Å². The summed E-state index contributed by atoms with van der Waals surface area (Å²) < 4.78 is 10.5. The smallest absolute Gasteiger partial charge is 0.147 e. The van der Waals surface area contributed by atoms with Gasteiger partial charge >= 0.3 is 0 Å². The molecule has 4 nitrogen and oxygen atoms in total. The summed E-state index contributed by atoms with van der Waals surface area (Å²) in [5.41, 5.74) is -0.262. The Balaban J connectivity index is 2.24. The topological polar surface area (TPSA) is 50.7 Å². The molecule has 84 valence electrons. The number of hydrogen-bond acceptors (Lipinski definition) is 4. The zero-order valence-electron chi connectivity index (χ0n) is 9.25. The fraction of sp³-hybridized carbons (Fsp3) is 1.00. The lowest BCUT2D eigenvalue weighted by Gasteiger charge is -2.32. The molecule has 1 aliphatic heterocycles. The number of rotatable bonds is 4. The van der Waals surface area contributed by atoms with Gasteiger partial charge in [-0.25, -0.2) is 0 Å². The Labute approximate surface area is 85.6 Å². The summed E-state index contributed by atoms with van der Waals surface area (Å²) in [4.78, 5) is 0. The van der Waals surface area contributed by atoms with Gasteiger partial charge in [0.1, 0.15) is 6.79 Å². The molecule has 1 rings (SSSR count). The first-order valence-corrected chi connectivity index (χ1v) is 5.15. The summed E-state index contributed by atoms with van der Waals surface area (Å²) >= 11 is 0. The Hall–Kier alpha value is -0.160. The van der Waals surface area contributed by atoms with Crippen molar-refractivity contribution in [3.05, 3.63) is 0 Å². The first kappa shape index (κ1) is 11.9. The Bertz CT molecular complexity index is 165. The standard InChI is InChI=1S/C10H21NO3/c1-8(12)10(2,3)11-6-9-4-5-13-7-14-9/h8-9,11-12H,4-7H2,1-3H3. The zero-order valence-corrected chi connectivity index (χ0v) is 9.25. The zero-order chi connectivity index (χ0) is 10.6. The lowest BCUT2D eigenvalue weighted by atomic mass is 9.98. The number of nitrogens with one attached hydrogen (secondary N) is 1. The van der Waals surface area contributed by atoms with Crippen molar-refractivity contribution in [2.45, 2.75) is 44.9 Å². The lowest BCUT2D eigenvalue weighted by molar-refractivity contribution is -0.138. The maximum atomic E-state index is 9.48. The van der Waals surface area contributed by atoms with Crippen LogP contribution in [0.4, 0.5) is 0 Å². The normalized spacial score (nSPS) is 26.1. The molecular formula is C10H21NO3. The third-order valence-electron chi connectivity index (χ3n) is 2.80. The molecule has 1 fully saturated rings. The van der Waals surface area contributed by atoms with E-state index in [9.17, 15) is 5.11 Å². The molecule has 2 atom stereocenters. The largest absolute Gasteiger partial charge is 0.392 e. The third kappa shape index (κ3) is 3.53. The first-order chi connectivity index (χ1) is 6.52. The van der Waals surface area contributed by atoms with Crippen molar-refractivity contribution >= 4 is 0 Å². The number of hydrogen-bond donors (Lipinski definition) is 2. The minimum Gasteiger partial charge on any atom is -0.392 e. The molecule has 2 unspecified atom stereocenters. The van der Waals surface area contributed by atoms with Gasteiger partial charge in [0.05, 0.1) is 18.8 Å². The molecule has 1 aliphatic rings. The first-order valence-electron chi connectivity index (χ1n) is 5.15. The minimum absolute atomic E-state index is 0.210. The van der Waals surface area contributed by atoms with Crippen LogP contribution in [0, 0.1) is 0 Å². The minimum atomic E-state index is -0.373. The van der Waals surface area contributed by atoms with E-state index >= 15 is 0 Å². The van der Waals surface area contributed by atoms with Crippen molar-refractivity contribution in [1.82, 2.24) is 5.32 Å². The molecule has 2 N–H and O–H groups in total. The van der Waals surface area contributed by atoms with Crippen molar-refractivity contribution in [1.29, 1.82) is 0 Å². The molecule has 4 heteroatoms. The van der Waals surface area contributed by atoms with Gasteiger partial charge in [0.2, 0.25) is 0 Å². The second kappa shape index (κ2) is 5.07. The predicted octanol–water partition coefficient (Wildman–Crippen LogP) is 0.498. The van der Waals surface area contributed by atoms with Crippen LogP contribution in [0.5, 0.6) is 0 Å². The van der Waals surface area contributed by atoms with Crippen molar-refractivity contribution < 1.29 is 14.6 Å². The van der Waals surface area contributed by atoms with Crippen molar-refractivity contribution in [3.8, 4) is 0 Å². The number of aliphatic hydroxyl groups is 1. The molecule has 0 aromatic rings. The lowest BCUT2D eigenvalue weighted by Crippen LogP contribution is -2.51. The quantitative estimate of drug-likeness (QED) is 0.698. The maximum absolute atomic E-state index is 9.48. The van der Waals surface area contributed by atoms with Gasteiger partial charge in [-0.2, -0.15) is 0 Å². The van der Waals surface area contributed by atoms with E-state index in [4.69, 9.17) is 9.47 Å². The van der Waals surface area contributed by atoms with Crippen LogP contribution in [-0.2, 0) is 9.47 Å². The Kier molecular flexibility index (Phi) is 4.31. The summed E-state index contributed by atoms with van der Waals surface area (Å²) in [6.07, 6.45) is 0.757. The molecule has 0 spiro atoms. The summed E-state index contributed by atoms with van der Waals surface area (Å²) in [6, 6.07) is 0. The summed E-state index contributed by atoms with van der Waals surface area (Å²) in [5, 5.41) is 12.8. The van der Waals surface area contributed by atoms with Crippen LogP contribution in [0.15, 0.2) is 0 Å². The van der Waals surface area contributed by atoms with Crippen LogP contribution in [0.25, 0.3) is 0 Å². The highest BCUT2D eigenvalue weighted by atomic mass is 16.7. The van der Waals surface area contributed by atoms with Gasteiger partial charge in [0.25, 0.3) is 0 Å². The van der Waals surface area contributed by atoms with E-state index in [0.29, 0.717) is 6.79 Å². The second-order valence-corrected chi connectivity index (χ2v) is 4.38. The Morgan fingerprint density at radius 2 is 2.29 bits per heavy atom. The van der Waals surface area contributed by atoms with Gasteiger partial charge in [-0.05, 0) is 27.2 Å². The molecule has 0 bridgehead atoms. The van der Waals surface area contributed by atoms with E-state index in [0.717, 1.165) is 19.6 Å². The predicted molar refractivity (Wildman–Crippen MR) is 54.1 cm³/mol. The Morgan fingerprint density at radius 3 is 2.79 bits per heavy atom. The fourth-order valence-electron chi connectivity index (χ4n) is 1.19. The van der Waals surface area contributed by atoms with Crippen LogP contribution in [0.1, 0.15) is 27.2 Å². The van der Waals surface area contributed by atoms with E-state index in [1.807, 2.05) is 13.8 Å². The summed E-state index contributed by atoms with van der Waals surface area (Å²) in [5.74, 6) is 0. The highest BCUT2D eigenvalue weighted by Crippen LogP contribution is 2.10. The highest BCUT2D eigenvalue weighted by molar-refractivity contribution is 4.84. The molecule has 0 aliphatic carbocycles. The van der Waals surface area contributed by atoms with Crippen molar-refractivity contribution in [3.63, 3.8) is 0 Å². The third-order valence-corrected chi connectivity index (χ3v) is 2.80. The van der Waals surface area contributed by atoms with E-state index in [2.05, 4.69) is 5.32 Å². The molecule has 1 heterocycles. The van der Waals surface area contributed by atoms with Gasteiger partial charge in [0.15, 0.2) is 0 Å². The van der Waals surface area contributed by atoms with E-state index in [1.54, 1.807) is 6.92 Å². The van der Waals surface area contributed by atoms with Crippen LogP contribution in [0.2, 0.25) is 0 Å². The average Bonchev–Trinajstić information content (AvgIpc) is 2.16. The summed E-state index contributed by atoms with van der Waals surface area (Å²) in [7, 11) is 0. The van der Waals surface area contributed by atoms with Crippen LogP contribution >= 0.6 is 0 Å². The van der Waals surface area contributed by atoms with E-state index in [1.165, 1.54) is 0 Å². The SMILES string of the molecule is CC(O)C(C)(C)NCC1CCOCO1. The second-order valence-electron chi connectivity index (χ2n) is 4.38. The van der Waals surface area contributed by atoms with Gasteiger partial charge in [-0.3, -0.25) is 0 Å².